The van der Waals surface area contributed by atoms with Gasteiger partial charge in [0.05, 0.1) is 23.9 Å². The second-order valence-electron chi connectivity index (χ2n) is 7.46. The van der Waals surface area contributed by atoms with E-state index in [1.165, 1.54) is 4.52 Å². The van der Waals surface area contributed by atoms with Crippen molar-refractivity contribution in [2.45, 2.75) is 26.8 Å². The van der Waals surface area contributed by atoms with E-state index in [1.807, 2.05) is 6.92 Å². The van der Waals surface area contributed by atoms with Gasteiger partial charge < -0.3 is 20.1 Å². The van der Waals surface area contributed by atoms with Crippen molar-refractivity contribution in [1.29, 1.82) is 0 Å². The summed E-state index contributed by atoms with van der Waals surface area (Å²) in [4.78, 5) is 46.1. The van der Waals surface area contributed by atoms with E-state index in [-0.39, 0.29) is 29.5 Å². The van der Waals surface area contributed by atoms with Gasteiger partial charge in [-0.25, -0.2) is 23.9 Å². The quantitative estimate of drug-likeness (QED) is 0.509. The summed E-state index contributed by atoms with van der Waals surface area (Å²) in [5.74, 6) is -1.45. The minimum Gasteiger partial charge on any atom is -0.463 e. The number of rotatable bonds is 6. The van der Waals surface area contributed by atoms with Crippen LogP contribution in [-0.2, 0) is 14.3 Å². The van der Waals surface area contributed by atoms with Crippen molar-refractivity contribution in [3.05, 3.63) is 69.4 Å². The Morgan fingerprint density at radius 3 is 2.56 bits per heavy atom. The number of esters is 2. The molecule has 1 aliphatic rings. The summed E-state index contributed by atoms with van der Waals surface area (Å²) in [5.41, 5.74) is 2.27. The number of benzene rings is 1. The zero-order valence-electron chi connectivity index (χ0n) is 18.6. The second kappa shape index (κ2) is 9.48. The predicted molar refractivity (Wildman–Crippen MR) is 120 cm³/mol. The highest BCUT2D eigenvalue weighted by Crippen LogP contribution is 2.29. The summed E-state index contributed by atoms with van der Waals surface area (Å²) in [6, 6.07) is 7.04. The highest BCUT2D eigenvalue weighted by molar-refractivity contribution is 6.30. The van der Waals surface area contributed by atoms with Gasteiger partial charge in [0.1, 0.15) is 6.61 Å². The van der Waals surface area contributed by atoms with E-state index in [4.69, 9.17) is 21.1 Å². The molecule has 3 heterocycles. The Bertz CT molecular complexity index is 1320. The molecule has 4 rings (SSSR count). The van der Waals surface area contributed by atoms with Crippen LogP contribution in [-0.4, -0.2) is 50.8 Å². The third-order valence-electron chi connectivity index (χ3n) is 5.00. The van der Waals surface area contributed by atoms with Crippen LogP contribution in [0, 0.1) is 13.8 Å². The first-order chi connectivity index (χ1) is 16.3. The maximum atomic E-state index is 12.8. The highest BCUT2D eigenvalue weighted by atomic mass is 35.5. The number of urea groups is 1. The minimum atomic E-state index is -0.839. The van der Waals surface area contributed by atoms with Crippen LogP contribution < -0.4 is 10.6 Å². The van der Waals surface area contributed by atoms with Gasteiger partial charge in [-0.2, -0.15) is 4.98 Å². The summed E-state index contributed by atoms with van der Waals surface area (Å²) in [6.45, 7) is 4.99. The Morgan fingerprint density at radius 1 is 1.12 bits per heavy atom. The molecule has 1 aliphatic heterocycles. The second-order valence-corrected chi connectivity index (χ2v) is 7.89. The number of amides is 2. The number of ether oxygens (including phenoxy) is 2. The fourth-order valence-electron chi connectivity index (χ4n) is 3.54. The van der Waals surface area contributed by atoms with Crippen LogP contribution in [0.3, 0.4) is 0 Å². The predicted octanol–water partition coefficient (Wildman–Crippen LogP) is 2.42. The summed E-state index contributed by atoms with van der Waals surface area (Å²) in [6.07, 6.45) is 0. The van der Waals surface area contributed by atoms with E-state index in [1.54, 1.807) is 44.2 Å². The van der Waals surface area contributed by atoms with E-state index in [0.29, 0.717) is 10.6 Å². The Balaban J connectivity index is 1.64. The van der Waals surface area contributed by atoms with Gasteiger partial charge in [-0.15, -0.1) is 5.10 Å². The number of carbonyl (C=O) groups excluding carboxylic acids is 3. The van der Waals surface area contributed by atoms with E-state index in [0.717, 1.165) is 11.4 Å². The van der Waals surface area contributed by atoms with Crippen LogP contribution in [0.2, 0.25) is 5.02 Å². The molecule has 0 bridgehead atoms. The normalized spacial score (nSPS) is 15.6. The van der Waals surface area contributed by atoms with Crippen molar-refractivity contribution in [3.8, 4) is 0 Å². The van der Waals surface area contributed by atoms with Gasteiger partial charge in [0, 0.05) is 16.4 Å². The molecule has 11 nitrogen and oxygen atoms in total. The molecule has 2 N–H and O–H groups in total. The number of nitrogens with zero attached hydrogens (tertiary/aromatic N) is 4. The molecule has 0 spiro atoms. The Kier molecular flexibility index (Phi) is 6.46. The summed E-state index contributed by atoms with van der Waals surface area (Å²) in [7, 11) is 0. The maximum Gasteiger partial charge on any atom is 0.378 e. The monoisotopic (exact) mass is 484 g/mol. The molecule has 176 valence electrons. The SMILES string of the molecule is CCOC(=O)C1=C(COC(=O)c2nc3nc(C)cc(C)n3n2)NC(=O)NC1c1ccc(Cl)cc1. The molecule has 12 heteroatoms. The molecule has 0 radical (unpaired) electrons. The Labute approximate surface area is 199 Å². The molecule has 1 unspecified atom stereocenters. The minimum absolute atomic E-state index is 0.0874. The molecule has 0 fully saturated rings. The van der Waals surface area contributed by atoms with Crippen molar-refractivity contribution >= 4 is 35.3 Å². The third-order valence-corrected chi connectivity index (χ3v) is 5.25. The molecule has 34 heavy (non-hydrogen) atoms. The summed E-state index contributed by atoms with van der Waals surface area (Å²) < 4.78 is 12.0. The fraction of sp³-hybridized carbons (Fsp3) is 0.273. The van der Waals surface area contributed by atoms with Crippen LogP contribution in [0.25, 0.3) is 5.78 Å². The number of nitrogens with one attached hydrogen (secondary N) is 2. The largest absolute Gasteiger partial charge is 0.463 e. The van der Waals surface area contributed by atoms with Gasteiger partial charge in [-0.1, -0.05) is 23.7 Å². The van der Waals surface area contributed by atoms with E-state index < -0.39 is 30.6 Å². The lowest BCUT2D eigenvalue weighted by Gasteiger charge is -2.29. The number of fused-ring (bicyclic) bond motifs is 1. The Morgan fingerprint density at radius 2 is 1.85 bits per heavy atom. The van der Waals surface area contributed by atoms with Gasteiger partial charge >= 0.3 is 18.0 Å². The van der Waals surface area contributed by atoms with Crippen molar-refractivity contribution in [1.82, 2.24) is 30.2 Å². The standard InChI is InChI=1S/C22H21ClN6O5/c1-4-33-19(30)16-15(25-22(32)26-17(16)13-5-7-14(23)8-6-13)10-34-20(31)18-27-21-24-11(2)9-12(3)29(21)28-18/h5-9,17H,4,10H2,1-3H3,(H2,25,26,32). The van der Waals surface area contributed by atoms with Crippen molar-refractivity contribution in [2.24, 2.45) is 0 Å². The molecular formula is C22H21ClN6O5. The fourth-order valence-corrected chi connectivity index (χ4v) is 3.67. The molecule has 0 saturated carbocycles. The molecule has 2 amide bonds. The zero-order chi connectivity index (χ0) is 24.4. The molecule has 3 aromatic rings. The summed E-state index contributed by atoms with van der Waals surface area (Å²) >= 11 is 5.97. The van der Waals surface area contributed by atoms with Gasteiger partial charge in [0.25, 0.3) is 11.6 Å². The first-order valence-corrected chi connectivity index (χ1v) is 10.8. The van der Waals surface area contributed by atoms with Gasteiger partial charge in [0.15, 0.2) is 0 Å². The number of aromatic nitrogens is 4. The van der Waals surface area contributed by atoms with Crippen LogP contribution in [0.5, 0.6) is 0 Å². The van der Waals surface area contributed by atoms with Gasteiger partial charge in [-0.05, 0) is 44.5 Å². The Hall–Kier alpha value is -3.99. The van der Waals surface area contributed by atoms with E-state index in [2.05, 4.69) is 25.7 Å². The molecule has 1 aromatic carbocycles. The lowest BCUT2D eigenvalue weighted by molar-refractivity contribution is -0.139. The van der Waals surface area contributed by atoms with Crippen molar-refractivity contribution in [3.63, 3.8) is 0 Å². The number of hydrogen-bond acceptors (Lipinski definition) is 8. The highest BCUT2D eigenvalue weighted by Gasteiger charge is 2.34. The van der Waals surface area contributed by atoms with Crippen molar-refractivity contribution < 1.29 is 23.9 Å². The number of halogens is 1. The molecule has 0 aliphatic carbocycles. The molecule has 0 saturated heterocycles. The summed E-state index contributed by atoms with van der Waals surface area (Å²) in [5, 5.41) is 9.86. The van der Waals surface area contributed by atoms with Crippen LogP contribution in [0.1, 0.15) is 40.5 Å². The number of carbonyl (C=O) groups is 3. The van der Waals surface area contributed by atoms with Crippen LogP contribution >= 0.6 is 11.6 Å². The first kappa shape index (κ1) is 23.2. The van der Waals surface area contributed by atoms with E-state index in [9.17, 15) is 14.4 Å². The topological polar surface area (TPSA) is 137 Å². The smallest absolute Gasteiger partial charge is 0.378 e. The number of aryl methyl sites for hydroxylation is 2. The van der Waals surface area contributed by atoms with Gasteiger partial charge in [-0.3, -0.25) is 0 Å². The lowest BCUT2D eigenvalue weighted by atomic mass is 9.95. The zero-order valence-corrected chi connectivity index (χ0v) is 19.3. The average Bonchev–Trinajstić information content (AvgIpc) is 3.22. The van der Waals surface area contributed by atoms with Crippen LogP contribution in [0.4, 0.5) is 4.79 Å². The number of hydrogen-bond donors (Lipinski definition) is 2. The maximum absolute atomic E-state index is 12.8. The molecule has 2 aromatic heterocycles. The lowest BCUT2D eigenvalue weighted by Crippen LogP contribution is -2.47. The van der Waals surface area contributed by atoms with Crippen molar-refractivity contribution in [2.75, 3.05) is 13.2 Å². The molecule has 1 atom stereocenters. The molecular weight excluding hydrogens is 464 g/mol. The van der Waals surface area contributed by atoms with Crippen LogP contribution in [0.15, 0.2) is 41.6 Å². The van der Waals surface area contributed by atoms with Gasteiger partial charge in [0.2, 0.25) is 0 Å². The third kappa shape index (κ3) is 4.69. The van der Waals surface area contributed by atoms with E-state index >= 15 is 0 Å². The first-order valence-electron chi connectivity index (χ1n) is 10.4. The average molecular weight is 485 g/mol.